The van der Waals surface area contributed by atoms with Gasteiger partial charge in [0.15, 0.2) is 6.23 Å². The smallest absolute Gasteiger partial charge is 0.290 e. The van der Waals surface area contributed by atoms with E-state index in [9.17, 15) is 4.39 Å². The number of rotatable bonds is 5. The number of hydrogen-bond acceptors (Lipinski definition) is 6. The van der Waals surface area contributed by atoms with Crippen molar-refractivity contribution < 1.29 is 9.13 Å². The Kier molecular flexibility index (Phi) is 6.16. The van der Waals surface area contributed by atoms with Gasteiger partial charge in [0.25, 0.3) is 6.02 Å². The summed E-state index contributed by atoms with van der Waals surface area (Å²) in [5.41, 5.74) is 2.33. The SMILES string of the molecule is NN1CN=CC2C1O/C(=N/C1CCN(Cc3ccccc3)CC1)N2Cc1ccc(F)cc1. The van der Waals surface area contributed by atoms with Gasteiger partial charge in [0.2, 0.25) is 0 Å². The van der Waals surface area contributed by atoms with Crippen LogP contribution in [0.5, 0.6) is 0 Å². The highest BCUT2D eigenvalue weighted by atomic mass is 19.1. The lowest BCUT2D eigenvalue weighted by Crippen LogP contribution is -2.52. The van der Waals surface area contributed by atoms with Gasteiger partial charge in [-0.15, -0.1) is 0 Å². The zero-order chi connectivity index (χ0) is 21.9. The lowest BCUT2D eigenvalue weighted by atomic mass is 10.0. The van der Waals surface area contributed by atoms with Gasteiger partial charge in [-0.1, -0.05) is 42.5 Å². The first-order valence-corrected chi connectivity index (χ1v) is 11.2. The number of hydrazine groups is 1. The van der Waals surface area contributed by atoms with Gasteiger partial charge in [-0.2, -0.15) is 5.01 Å². The van der Waals surface area contributed by atoms with Crippen LogP contribution in [-0.4, -0.2) is 65.1 Å². The Bertz CT molecular complexity index is 958. The summed E-state index contributed by atoms with van der Waals surface area (Å²) in [6, 6.07) is 17.8. The molecule has 2 N–H and O–H groups in total. The summed E-state index contributed by atoms with van der Waals surface area (Å²) >= 11 is 0. The third kappa shape index (κ3) is 4.67. The number of ether oxygens (including phenoxy) is 1. The molecule has 2 aromatic rings. The fourth-order valence-corrected chi connectivity index (χ4v) is 4.54. The minimum Gasteiger partial charge on any atom is -0.442 e. The van der Waals surface area contributed by atoms with Crippen molar-refractivity contribution in [1.29, 1.82) is 0 Å². The van der Waals surface area contributed by atoms with E-state index in [1.165, 1.54) is 17.7 Å². The molecular formula is C24H29FN6O. The lowest BCUT2D eigenvalue weighted by molar-refractivity contribution is 0.0234. The van der Waals surface area contributed by atoms with Crippen molar-refractivity contribution in [3.63, 3.8) is 0 Å². The van der Waals surface area contributed by atoms with E-state index in [-0.39, 0.29) is 24.1 Å². The number of nitrogens with zero attached hydrogens (tertiary/aromatic N) is 5. The molecule has 7 nitrogen and oxygen atoms in total. The van der Waals surface area contributed by atoms with Crippen LogP contribution >= 0.6 is 0 Å². The molecule has 2 unspecified atom stereocenters. The van der Waals surface area contributed by atoms with E-state index in [1.807, 2.05) is 6.21 Å². The summed E-state index contributed by atoms with van der Waals surface area (Å²) in [5.74, 6) is 5.90. The minimum absolute atomic E-state index is 0.115. The Balaban J connectivity index is 1.28. The molecule has 0 amide bonds. The summed E-state index contributed by atoms with van der Waals surface area (Å²) in [6.07, 6.45) is 3.55. The third-order valence-corrected chi connectivity index (χ3v) is 6.32. The maximum absolute atomic E-state index is 13.4. The van der Waals surface area contributed by atoms with E-state index in [4.69, 9.17) is 15.6 Å². The Hall–Kier alpha value is -2.81. The normalized spacial score (nSPS) is 25.8. The van der Waals surface area contributed by atoms with Gasteiger partial charge in [-0.25, -0.2) is 9.38 Å². The van der Waals surface area contributed by atoms with Gasteiger partial charge in [0, 0.05) is 32.4 Å². The number of nitrogens with two attached hydrogens (primary N) is 1. The average Bonchev–Trinajstić information content (AvgIpc) is 3.16. The minimum atomic E-state index is -0.315. The Morgan fingerprint density at radius 2 is 1.72 bits per heavy atom. The van der Waals surface area contributed by atoms with Gasteiger partial charge in [0.05, 0.1) is 6.04 Å². The van der Waals surface area contributed by atoms with Crippen LogP contribution < -0.4 is 5.84 Å². The van der Waals surface area contributed by atoms with Gasteiger partial charge < -0.3 is 9.64 Å². The molecule has 0 bridgehead atoms. The number of halogens is 1. The summed E-state index contributed by atoms with van der Waals surface area (Å²) in [7, 11) is 0. The molecule has 0 aromatic heterocycles. The van der Waals surface area contributed by atoms with Crippen LogP contribution in [0.1, 0.15) is 24.0 Å². The van der Waals surface area contributed by atoms with Crippen molar-refractivity contribution in [3.05, 3.63) is 71.5 Å². The monoisotopic (exact) mass is 436 g/mol. The van der Waals surface area contributed by atoms with Crippen molar-refractivity contribution in [2.75, 3.05) is 19.8 Å². The second-order valence-electron chi connectivity index (χ2n) is 8.65. The van der Waals surface area contributed by atoms with Crippen LogP contribution in [0, 0.1) is 5.82 Å². The van der Waals surface area contributed by atoms with E-state index < -0.39 is 0 Å². The molecule has 2 saturated heterocycles. The van der Waals surface area contributed by atoms with Crippen LogP contribution in [0.25, 0.3) is 0 Å². The molecule has 5 rings (SSSR count). The first-order valence-electron chi connectivity index (χ1n) is 11.2. The van der Waals surface area contributed by atoms with Crippen LogP contribution in [0.3, 0.4) is 0 Å². The summed E-state index contributed by atoms with van der Waals surface area (Å²) in [4.78, 5) is 13.9. The standard InChI is InChI=1S/C24H29FN6O/c25-20-8-6-19(7-9-20)16-30-22-14-27-17-31(26)23(22)32-24(30)28-21-10-12-29(13-11-21)15-18-4-2-1-3-5-18/h1-9,14,21-23H,10-13,15-17,26H2/b28-24+. The van der Waals surface area contributed by atoms with E-state index in [0.717, 1.165) is 38.0 Å². The molecule has 3 aliphatic rings. The summed E-state index contributed by atoms with van der Waals surface area (Å²) in [6.45, 7) is 3.95. The molecule has 2 atom stereocenters. The molecule has 8 heteroatoms. The van der Waals surface area contributed by atoms with E-state index in [0.29, 0.717) is 19.2 Å². The third-order valence-electron chi connectivity index (χ3n) is 6.32. The Labute approximate surface area is 188 Å². The average molecular weight is 437 g/mol. The van der Waals surface area contributed by atoms with Crippen molar-refractivity contribution in [2.45, 2.75) is 44.2 Å². The van der Waals surface area contributed by atoms with Gasteiger partial charge in [-0.05, 0) is 36.1 Å². The quantitative estimate of drug-likeness (QED) is 0.730. The van der Waals surface area contributed by atoms with E-state index >= 15 is 0 Å². The summed E-state index contributed by atoms with van der Waals surface area (Å²) < 4.78 is 19.6. The number of amidine groups is 1. The highest BCUT2D eigenvalue weighted by Crippen LogP contribution is 2.27. The number of benzene rings is 2. The number of piperidine rings is 1. The second-order valence-corrected chi connectivity index (χ2v) is 8.65. The molecule has 0 saturated carbocycles. The number of aliphatic imine (C=N–C) groups is 2. The van der Waals surface area contributed by atoms with Crippen molar-refractivity contribution >= 4 is 12.2 Å². The topological polar surface area (TPSA) is 69.7 Å². The zero-order valence-electron chi connectivity index (χ0n) is 18.1. The van der Waals surface area contributed by atoms with Crippen LogP contribution in [0.4, 0.5) is 4.39 Å². The van der Waals surface area contributed by atoms with Gasteiger partial charge >= 0.3 is 0 Å². The van der Waals surface area contributed by atoms with E-state index in [1.54, 1.807) is 17.1 Å². The largest absolute Gasteiger partial charge is 0.442 e. The maximum atomic E-state index is 13.4. The molecule has 2 aromatic carbocycles. The Morgan fingerprint density at radius 3 is 2.47 bits per heavy atom. The van der Waals surface area contributed by atoms with Crippen molar-refractivity contribution in [2.24, 2.45) is 15.8 Å². The molecule has 0 spiro atoms. The van der Waals surface area contributed by atoms with Gasteiger partial charge in [0.1, 0.15) is 18.5 Å². The highest BCUT2D eigenvalue weighted by molar-refractivity contribution is 5.83. The van der Waals surface area contributed by atoms with Gasteiger partial charge in [-0.3, -0.25) is 15.7 Å². The number of hydrogen-bond donors (Lipinski definition) is 1. The molecule has 168 valence electrons. The van der Waals surface area contributed by atoms with E-state index in [2.05, 4.69) is 45.1 Å². The van der Waals surface area contributed by atoms with Crippen LogP contribution in [0.15, 0.2) is 64.6 Å². The number of fused-ring (bicyclic) bond motifs is 1. The predicted octanol–water partition coefficient (Wildman–Crippen LogP) is 2.59. The molecule has 3 heterocycles. The molecule has 0 aliphatic carbocycles. The first kappa shape index (κ1) is 21.1. The molecule has 32 heavy (non-hydrogen) atoms. The van der Waals surface area contributed by atoms with Crippen LogP contribution in [0.2, 0.25) is 0 Å². The lowest BCUT2D eigenvalue weighted by Gasteiger charge is -2.31. The zero-order valence-corrected chi connectivity index (χ0v) is 18.1. The fraction of sp³-hybridized carbons (Fsp3) is 0.417. The van der Waals surface area contributed by atoms with Crippen LogP contribution in [-0.2, 0) is 17.8 Å². The predicted molar refractivity (Wildman–Crippen MR) is 122 cm³/mol. The molecule has 0 radical (unpaired) electrons. The highest BCUT2D eigenvalue weighted by Gasteiger charge is 2.44. The second kappa shape index (κ2) is 9.36. The maximum Gasteiger partial charge on any atom is 0.290 e. The summed E-state index contributed by atoms with van der Waals surface area (Å²) in [5, 5.41) is 1.60. The van der Waals surface area contributed by atoms with Crippen molar-refractivity contribution in [1.82, 2.24) is 14.8 Å². The fourth-order valence-electron chi connectivity index (χ4n) is 4.54. The van der Waals surface area contributed by atoms with Crippen molar-refractivity contribution in [3.8, 4) is 0 Å². The molecular weight excluding hydrogens is 407 g/mol. The molecule has 2 fully saturated rings. The first-order chi connectivity index (χ1) is 15.7. The Morgan fingerprint density at radius 1 is 1.00 bits per heavy atom. The molecule has 3 aliphatic heterocycles. The number of likely N-dealkylation sites (tertiary alicyclic amines) is 1.